The highest BCUT2D eigenvalue weighted by molar-refractivity contribution is 9.10. The quantitative estimate of drug-likeness (QED) is 0.488. The minimum absolute atomic E-state index is 0.187. The third kappa shape index (κ3) is 1.14. The molecule has 0 amide bonds. The van der Waals surface area contributed by atoms with Crippen LogP contribution in [0.2, 0.25) is 0 Å². The van der Waals surface area contributed by atoms with Gasteiger partial charge in [-0.2, -0.15) is 0 Å². The lowest BCUT2D eigenvalue weighted by Crippen LogP contribution is -2.38. The van der Waals surface area contributed by atoms with Crippen LogP contribution in [0.1, 0.15) is 0 Å². The molecule has 0 atom stereocenters. The van der Waals surface area contributed by atoms with Crippen LogP contribution in [0.4, 0.5) is 0 Å². The van der Waals surface area contributed by atoms with Crippen molar-refractivity contribution in [2.45, 2.75) is 0 Å². The number of nitrogen functional groups attached to an aromatic ring is 1. The van der Waals surface area contributed by atoms with E-state index in [1.165, 1.54) is 18.7 Å². The molecule has 15 heavy (non-hydrogen) atoms. The zero-order chi connectivity index (χ0) is 11.3. The highest BCUT2D eigenvalue weighted by Crippen LogP contribution is 2.11. The Morgan fingerprint density at radius 3 is 2.47 bits per heavy atom. The van der Waals surface area contributed by atoms with Crippen molar-refractivity contribution < 1.29 is 0 Å². The van der Waals surface area contributed by atoms with Gasteiger partial charge in [0.15, 0.2) is 15.9 Å². The lowest BCUT2D eigenvalue weighted by Gasteiger charge is -2.02. The first-order valence-electron chi connectivity index (χ1n) is 4.04. The standard InChI is InChI=1S/C7H8BrN5O2/c1-11-4-3(13(9)6(8)10-4)5(14)12(2)7(11)15/h9H2,1-2H3. The molecule has 2 aromatic rings. The van der Waals surface area contributed by atoms with E-state index in [9.17, 15) is 9.59 Å². The normalized spacial score (nSPS) is 11.1. The van der Waals surface area contributed by atoms with Gasteiger partial charge in [-0.1, -0.05) is 0 Å². The number of hydrogen-bond acceptors (Lipinski definition) is 4. The van der Waals surface area contributed by atoms with Crippen molar-refractivity contribution in [2.24, 2.45) is 14.1 Å². The van der Waals surface area contributed by atoms with Gasteiger partial charge >= 0.3 is 5.69 Å². The second-order valence-electron chi connectivity index (χ2n) is 3.13. The molecule has 0 fully saturated rings. The van der Waals surface area contributed by atoms with Crippen LogP contribution >= 0.6 is 15.9 Å². The van der Waals surface area contributed by atoms with Crippen LogP contribution in [0.3, 0.4) is 0 Å². The van der Waals surface area contributed by atoms with Gasteiger partial charge in [0.25, 0.3) is 5.56 Å². The summed E-state index contributed by atoms with van der Waals surface area (Å²) in [6.45, 7) is 0. The maximum atomic E-state index is 11.7. The molecule has 2 rings (SSSR count). The molecule has 0 bridgehead atoms. The average molecular weight is 274 g/mol. The number of hydrogen-bond donors (Lipinski definition) is 1. The maximum absolute atomic E-state index is 11.7. The monoisotopic (exact) mass is 273 g/mol. The fraction of sp³-hybridized carbons (Fsp3) is 0.286. The van der Waals surface area contributed by atoms with Crippen molar-refractivity contribution in [3.8, 4) is 0 Å². The fourth-order valence-electron chi connectivity index (χ4n) is 1.39. The minimum Gasteiger partial charge on any atom is -0.336 e. The predicted molar refractivity (Wildman–Crippen MR) is 58.1 cm³/mol. The van der Waals surface area contributed by atoms with E-state index in [0.717, 1.165) is 9.24 Å². The van der Waals surface area contributed by atoms with Crippen LogP contribution in [-0.2, 0) is 14.1 Å². The molecule has 0 aliphatic carbocycles. The third-order valence-electron chi connectivity index (χ3n) is 2.25. The molecule has 80 valence electrons. The Hall–Kier alpha value is -1.57. The Bertz CT molecular complexity index is 665. The van der Waals surface area contributed by atoms with Crippen LogP contribution in [-0.4, -0.2) is 18.8 Å². The van der Waals surface area contributed by atoms with E-state index in [1.54, 1.807) is 0 Å². The summed E-state index contributed by atoms with van der Waals surface area (Å²) in [6, 6.07) is 0. The first-order chi connectivity index (χ1) is 6.95. The summed E-state index contributed by atoms with van der Waals surface area (Å²) in [6.07, 6.45) is 0. The Balaban J connectivity index is 3.23. The third-order valence-corrected chi connectivity index (χ3v) is 2.81. The number of nitrogens with two attached hydrogens (primary N) is 1. The number of aromatic nitrogens is 4. The van der Waals surface area contributed by atoms with Gasteiger partial charge < -0.3 is 5.84 Å². The molecule has 8 heteroatoms. The Morgan fingerprint density at radius 1 is 1.27 bits per heavy atom. The van der Waals surface area contributed by atoms with Crippen molar-refractivity contribution in [1.29, 1.82) is 0 Å². The van der Waals surface area contributed by atoms with Crippen molar-refractivity contribution >= 4 is 27.1 Å². The van der Waals surface area contributed by atoms with Crippen LogP contribution in [0.25, 0.3) is 11.2 Å². The van der Waals surface area contributed by atoms with Crippen LogP contribution in [0, 0.1) is 0 Å². The second kappa shape index (κ2) is 2.96. The molecule has 0 radical (unpaired) electrons. The first kappa shape index (κ1) is 9.97. The number of nitrogens with zero attached hydrogens (tertiary/aromatic N) is 4. The van der Waals surface area contributed by atoms with Crippen molar-refractivity contribution in [3.63, 3.8) is 0 Å². The molecule has 0 aliphatic heterocycles. The molecule has 0 spiro atoms. The summed E-state index contributed by atoms with van der Waals surface area (Å²) in [5.41, 5.74) is -0.448. The highest BCUT2D eigenvalue weighted by Gasteiger charge is 2.15. The number of fused-ring (bicyclic) bond motifs is 1. The van der Waals surface area contributed by atoms with E-state index in [4.69, 9.17) is 5.84 Å². The van der Waals surface area contributed by atoms with Gasteiger partial charge in [0.05, 0.1) is 0 Å². The number of imidazole rings is 1. The molecule has 2 aromatic heterocycles. The van der Waals surface area contributed by atoms with Crippen molar-refractivity contribution in [2.75, 3.05) is 5.84 Å². The summed E-state index contributed by atoms with van der Waals surface area (Å²) >= 11 is 3.09. The molecule has 0 saturated heterocycles. The largest absolute Gasteiger partial charge is 0.336 e. The molecule has 0 saturated carbocycles. The van der Waals surface area contributed by atoms with E-state index in [2.05, 4.69) is 20.9 Å². The highest BCUT2D eigenvalue weighted by atomic mass is 79.9. The number of rotatable bonds is 0. The minimum atomic E-state index is -0.464. The van der Waals surface area contributed by atoms with Gasteiger partial charge in [-0.15, -0.1) is 0 Å². The Morgan fingerprint density at radius 2 is 1.87 bits per heavy atom. The summed E-state index contributed by atoms with van der Waals surface area (Å²) < 4.78 is 3.66. The van der Waals surface area contributed by atoms with Gasteiger partial charge in [-0.05, 0) is 15.9 Å². The van der Waals surface area contributed by atoms with Gasteiger partial charge in [0.1, 0.15) is 0 Å². The van der Waals surface area contributed by atoms with Crippen LogP contribution in [0.5, 0.6) is 0 Å². The zero-order valence-corrected chi connectivity index (χ0v) is 9.65. The molecule has 0 unspecified atom stereocenters. The van der Waals surface area contributed by atoms with Crippen molar-refractivity contribution in [1.82, 2.24) is 18.8 Å². The molecule has 2 heterocycles. The summed E-state index contributed by atoms with van der Waals surface area (Å²) in [7, 11) is 2.93. The molecule has 0 aliphatic rings. The number of aryl methyl sites for hydroxylation is 1. The van der Waals surface area contributed by atoms with E-state index < -0.39 is 11.2 Å². The molecular weight excluding hydrogens is 266 g/mol. The predicted octanol–water partition coefficient (Wildman–Crippen LogP) is -1.09. The van der Waals surface area contributed by atoms with Crippen molar-refractivity contribution in [3.05, 3.63) is 25.6 Å². The zero-order valence-electron chi connectivity index (χ0n) is 8.06. The Labute approximate surface area is 91.8 Å². The first-order valence-corrected chi connectivity index (χ1v) is 4.83. The van der Waals surface area contributed by atoms with Gasteiger partial charge in [0, 0.05) is 14.1 Å². The molecule has 2 N–H and O–H groups in total. The fourth-order valence-corrected chi connectivity index (χ4v) is 1.73. The van der Waals surface area contributed by atoms with Crippen LogP contribution in [0.15, 0.2) is 14.3 Å². The van der Waals surface area contributed by atoms with E-state index >= 15 is 0 Å². The molecule has 0 aromatic carbocycles. The van der Waals surface area contributed by atoms with Gasteiger partial charge in [0.2, 0.25) is 0 Å². The van der Waals surface area contributed by atoms with E-state index in [-0.39, 0.29) is 11.2 Å². The lowest BCUT2D eigenvalue weighted by molar-refractivity contribution is 0.707. The maximum Gasteiger partial charge on any atom is 0.332 e. The topological polar surface area (TPSA) is 87.8 Å². The lowest BCUT2D eigenvalue weighted by atomic mass is 10.5. The Kier molecular flexibility index (Phi) is 1.97. The molecular formula is C7H8BrN5O2. The van der Waals surface area contributed by atoms with Gasteiger partial charge in [-0.3, -0.25) is 13.9 Å². The van der Waals surface area contributed by atoms with Gasteiger partial charge in [-0.25, -0.2) is 14.5 Å². The molecule has 7 nitrogen and oxygen atoms in total. The summed E-state index contributed by atoms with van der Waals surface area (Å²) in [4.78, 5) is 27.2. The second-order valence-corrected chi connectivity index (χ2v) is 3.84. The van der Waals surface area contributed by atoms with E-state index in [0.29, 0.717) is 4.73 Å². The smallest absolute Gasteiger partial charge is 0.332 e. The summed E-state index contributed by atoms with van der Waals surface area (Å²) in [5, 5.41) is 0. The van der Waals surface area contributed by atoms with E-state index in [1.807, 2.05) is 0 Å². The SMILES string of the molecule is Cn1c(=O)c2c(nc(Br)n2N)n(C)c1=O. The summed E-state index contributed by atoms with van der Waals surface area (Å²) in [5.74, 6) is 5.61. The van der Waals surface area contributed by atoms with Crippen LogP contribution < -0.4 is 17.1 Å². The average Bonchev–Trinajstić information content (AvgIpc) is 2.50. The number of halogens is 1.